The zero-order valence-electron chi connectivity index (χ0n) is 4.55. The minimum atomic E-state index is 0.0972. The number of hydrazine groups is 1. The van der Waals surface area contributed by atoms with Gasteiger partial charge in [0, 0.05) is 7.05 Å². The van der Waals surface area contributed by atoms with Crippen LogP contribution in [0.25, 0.3) is 0 Å². The summed E-state index contributed by atoms with van der Waals surface area (Å²) in [6.45, 7) is 0.0972. The number of nitrogens with zero attached hydrogens (tertiary/aromatic N) is 3. The van der Waals surface area contributed by atoms with Crippen LogP contribution in [0.2, 0.25) is 0 Å². The maximum Gasteiger partial charge on any atom is 0.142 e. The van der Waals surface area contributed by atoms with Gasteiger partial charge in [-0.2, -0.15) is 15.9 Å². The molecule has 0 rings (SSSR count). The summed E-state index contributed by atoms with van der Waals surface area (Å²) in [4.78, 5) is 0. The van der Waals surface area contributed by atoms with Crippen LogP contribution in [0.15, 0.2) is 5.22 Å². The van der Waals surface area contributed by atoms with Crippen molar-refractivity contribution in [2.75, 3.05) is 13.6 Å². The average molecular weight is 113 g/mol. The Morgan fingerprint density at radius 1 is 2.00 bits per heavy atom. The predicted molar refractivity (Wildman–Crippen MR) is 26.5 cm³/mol. The first-order valence-corrected chi connectivity index (χ1v) is 2.04. The number of hydrogen-bond donors (Lipinski definition) is 2. The molecule has 0 aliphatic heterocycles. The van der Waals surface area contributed by atoms with Gasteiger partial charge in [0.15, 0.2) is 0 Å². The van der Waals surface area contributed by atoms with Crippen molar-refractivity contribution in [3.8, 4) is 6.07 Å². The molecule has 0 heterocycles. The highest BCUT2D eigenvalue weighted by Crippen LogP contribution is 1.75. The van der Waals surface area contributed by atoms with E-state index in [-0.39, 0.29) is 6.54 Å². The molecule has 0 aliphatic carbocycles. The Balaban J connectivity index is 3.40. The van der Waals surface area contributed by atoms with E-state index in [0.29, 0.717) is 0 Å². The average Bonchev–Trinajstić information content (AvgIpc) is 1.83. The molecule has 2 N–H and O–H groups in total. The van der Waals surface area contributed by atoms with Gasteiger partial charge in [-0.15, -0.1) is 0 Å². The van der Waals surface area contributed by atoms with Gasteiger partial charge in [0.05, 0.1) is 6.07 Å². The van der Waals surface area contributed by atoms with Crippen LogP contribution in [0.5, 0.6) is 0 Å². The Hall–Kier alpha value is -1.15. The molecule has 5 heteroatoms. The summed E-state index contributed by atoms with van der Waals surface area (Å²) in [5.74, 6) is 0. The van der Waals surface area contributed by atoms with E-state index < -0.39 is 0 Å². The number of hydrogen-bond acceptors (Lipinski definition) is 4. The molecule has 0 amide bonds. The second kappa shape index (κ2) is 4.02. The fourth-order valence-electron chi connectivity index (χ4n) is 0.231. The van der Waals surface area contributed by atoms with Gasteiger partial charge in [0.1, 0.15) is 6.54 Å². The third kappa shape index (κ3) is 2.10. The molecule has 5 nitrogen and oxygen atoms in total. The van der Waals surface area contributed by atoms with E-state index in [2.05, 4.69) is 10.6 Å². The summed E-state index contributed by atoms with van der Waals surface area (Å²) >= 11 is 0. The predicted octanol–water partition coefficient (Wildman–Crippen LogP) is -0.108. The van der Waals surface area contributed by atoms with Gasteiger partial charge in [-0.25, -0.2) is 5.43 Å². The van der Waals surface area contributed by atoms with Crippen molar-refractivity contribution in [2.24, 2.45) is 5.22 Å². The second-order valence-electron chi connectivity index (χ2n) is 1.04. The Kier molecular flexibility index (Phi) is 3.44. The lowest BCUT2D eigenvalue weighted by molar-refractivity contribution is 0.221. The monoisotopic (exact) mass is 113 g/mol. The lowest BCUT2D eigenvalue weighted by Crippen LogP contribution is -2.29. The first-order chi connectivity index (χ1) is 3.85. The number of rotatable bonds is 3. The molecule has 8 heavy (non-hydrogen) atoms. The molecular weight excluding hydrogens is 106 g/mol. The smallest absolute Gasteiger partial charge is 0.142 e. The molecule has 0 aromatic rings. The molecule has 0 atom stereocenters. The van der Waals surface area contributed by atoms with Crippen LogP contribution >= 0.6 is 0 Å². The molecule has 0 saturated heterocycles. The zero-order valence-corrected chi connectivity index (χ0v) is 4.55. The van der Waals surface area contributed by atoms with Gasteiger partial charge in [-0.05, 0) is 0 Å². The highest BCUT2D eigenvalue weighted by atomic mass is 15.7. The van der Waals surface area contributed by atoms with Gasteiger partial charge in [0.2, 0.25) is 0 Å². The number of nitriles is 1. The lowest BCUT2D eigenvalue weighted by Gasteiger charge is -2.08. The molecule has 0 spiro atoms. The summed E-state index contributed by atoms with van der Waals surface area (Å²) in [6.07, 6.45) is 0. The van der Waals surface area contributed by atoms with Crippen LogP contribution < -0.4 is 5.43 Å². The minimum Gasteiger partial charge on any atom is -0.219 e. The van der Waals surface area contributed by atoms with Crippen LogP contribution in [0.4, 0.5) is 0 Å². The zero-order chi connectivity index (χ0) is 6.41. The molecule has 0 aromatic carbocycles. The summed E-state index contributed by atoms with van der Waals surface area (Å²) in [6, 6.07) is 1.82. The van der Waals surface area contributed by atoms with Crippen molar-refractivity contribution < 1.29 is 0 Å². The quantitative estimate of drug-likeness (QED) is 0.304. The van der Waals surface area contributed by atoms with E-state index >= 15 is 0 Å². The lowest BCUT2D eigenvalue weighted by atomic mass is 10.8. The molecule has 0 fully saturated rings. The maximum atomic E-state index is 8.02. The highest BCUT2D eigenvalue weighted by molar-refractivity contribution is 4.71. The minimum absolute atomic E-state index is 0.0972. The van der Waals surface area contributed by atoms with Crippen LogP contribution in [0.3, 0.4) is 0 Å². The van der Waals surface area contributed by atoms with Gasteiger partial charge in [0.25, 0.3) is 0 Å². The van der Waals surface area contributed by atoms with Crippen molar-refractivity contribution >= 4 is 0 Å². The summed E-state index contributed by atoms with van der Waals surface area (Å²) < 4.78 is 0. The van der Waals surface area contributed by atoms with Crippen molar-refractivity contribution in [1.29, 1.82) is 10.8 Å². The van der Waals surface area contributed by atoms with Crippen molar-refractivity contribution in [1.82, 2.24) is 10.5 Å². The first kappa shape index (κ1) is 6.85. The highest BCUT2D eigenvalue weighted by Gasteiger charge is 1.90. The summed E-state index contributed by atoms with van der Waals surface area (Å²) in [5, 5.41) is 12.1. The van der Waals surface area contributed by atoms with E-state index in [0.717, 1.165) is 5.12 Å². The molecule has 0 radical (unpaired) electrons. The van der Waals surface area contributed by atoms with Crippen LogP contribution in [-0.4, -0.2) is 18.7 Å². The van der Waals surface area contributed by atoms with Crippen molar-refractivity contribution in [2.45, 2.75) is 0 Å². The van der Waals surface area contributed by atoms with E-state index in [1.54, 1.807) is 7.05 Å². The SMILES string of the molecule is CNN(CC#N)N=N. The third-order valence-electron chi connectivity index (χ3n) is 0.599. The molecular formula is C3H7N5. The largest absolute Gasteiger partial charge is 0.219 e. The fourth-order valence-corrected chi connectivity index (χ4v) is 0.231. The Labute approximate surface area is 47.3 Å². The van der Waals surface area contributed by atoms with Crippen LogP contribution in [0.1, 0.15) is 0 Å². The fraction of sp³-hybridized carbons (Fsp3) is 0.667. The van der Waals surface area contributed by atoms with Crippen LogP contribution in [0, 0.1) is 16.9 Å². The molecule has 0 unspecified atom stereocenters. The molecule has 0 aromatic heterocycles. The second-order valence-corrected chi connectivity index (χ2v) is 1.04. The molecule has 0 aliphatic rings. The van der Waals surface area contributed by atoms with Crippen molar-refractivity contribution in [3.05, 3.63) is 0 Å². The molecule has 0 bridgehead atoms. The third-order valence-corrected chi connectivity index (χ3v) is 0.599. The van der Waals surface area contributed by atoms with Gasteiger partial charge in [-0.1, -0.05) is 5.22 Å². The Bertz CT molecular complexity index is 103. The van der Waals surface area contributed by atoms with Crippen molar-refractivity contribution in [3.63, 3.8) is 0 Å². The standard InChI is InChI=1S/C3H7N5/c1-6-8(7-5)3-2-4/h5-6H,3H2,1H3. The first-order valence-electron chi connectivity index (χ1n) is 2.04. The van der Waals surface area contributed by atoms with Gasteiger partial charge in [-0.3, -0.25) is 0 Å². The topological polar surface area (TPSA) is 75.3 Å². The summed E-state index contributed by atoms with van der Waals surface area (Å²) in [5.41, 5.74) is 8.91. The molecule has 0 saturated carbocycles. The van der Waals surface area contributed by atoms with E-state index in [1.165, 1.54) is 0 Å². The van der Waals surface area contributed by atoms with E-state index in [4.69, 9.17) is 10.8 Å². The van der Waals surface area contributed by atoms with Gasteiger partial charge >= 0.3 is 0 Å². The van der Waals surface area contributed by atoms with E-state index in [9.17, 15) is 0 Å². The summed E-state index contributed by atoms with van der Waals surface area (Å²) in [7, 11) is 1.59. The Morgan fingerprint density at radius 2 is 2.62 bits per heavy atom. The Morgan fingerprint density at radius 3 is 2.75 bits per heavy atom. The van der Waals surface area contributed by atoms with Gasteiger partial charge < -0.3 is 0 Å². The van der Waals surface area contributed by atoms with Crippen LogP contribution in [-0.2, 0) is 0 Å². The normalized spacial score (nSPS) is 7.50. The number of nitrogens with one attached hydrogen (secondary N) is 2. The molecule has 44 valence electrons. The maximum absolute atomic E-state index is 8.02. The van der Waals surface area contributed by atoms with E-state index in [1.807, 2.05) is 6.07 Å².